The Hall–Kier alpha value is 0.379. The van der Waals surface area contributed by atoms with E-state index < -0.39 is 31.0 Å². The number of nitrogens with zero attached hydrogens (tertiary/aromatic N) is 1. The first-order valence-electron chi connectivity index (χ1n) is 8.80. The molecule has 0 aliphatic heterocycles. The van der Waals surface area contributed by atoms with Crippen LogP contribution in [0.15, 0.2) is 9.72 Å². The van der Waals surface area contributed by atoms with E-state index in [1.807, 2.05) is 5.38 Å². The van der Waals surface area contributed by atoms with Crippen molar-refractivity contribution in [3.8, 4) is 0 Å². The van der Waals surface area contributed by atoms with Crippen molar-refractivity contribution in [3.63, 3.8) is 0 Å². The Morgan fingerprint density at radius 1 is 1.04 bits per heavy atom. The molecule has 3 nitrogen and oxygen atoms in total. The maximum absolute atomic E-state index is 11.7. The van der Waals surface area contributed by atoms with E-state index in [9.17, 15) is 8.42 Å². The third kappa shape index (κ3) is 7.43. The van der Waals surface area contributed by atoms with Crippen molar-refractivity contribution in [1.29, 1.82) is 0 Å². The third-order valence-electron chi connectivity index (χ3n) is 4.22. The average Bonchev–Trinajstić information content (AvgIpc) is 2.97. The topological polar surface area (TPSA) is 47.0 Å². The molecule has 6 heteroatoms. The van der Waals surface area contributed by atoms with Crippen molar-refractivity contribution < 1.29 is 8.42 Å². The maximum atomic E-state index is 11.7. The van der Waals surface area contributed by atoms with Gasteiger partial charge in [0.25, 0.3) is 0 Å². The molecule has 23 heavy (non-hydrogen) atoms. The van der Waals surface area contributed by atoms with Crippen LogP contribution in [0, 0.1) is 0 Å². The second-order valence-corrected chi connectivity index (χ2v) is 14.7. The summed E-state index contributed by atoms with van der Waals surface area (Å²) < 4.78 is 25.3. The predicted molar refractivity (Wildman–Crippen MR) is 102 cm³/mol. The minimum atomic E-state index is -3.15. The molecule has 0 spiro atoms. The van der Waals surface area contributed by atoms with Crippen LogP contribution in [0.3, 0.4) is 0 Å². The van der Waals surface area contributed by atoms with Gasteiger partial charge in [-0.15, -0.1) is 0 Å². The standard InChI is InChI=1S/C13H27.C4H4NO2S2.Sn/c1-4-7-10-13(11-8-5-2)12-9-6-3;1-9(6,7)4-5-2-3-8-4;/h4-12H2,1-3H3;3H,1H3;. The van der Waals surface area contributed by atoms with Crippen LogP contribution in [0.25, 0.3) is 0 Å². The molecule has 0 atom stereocenters. The molecule has 1 aromatic rings. The van der Waals surface area contributed by atoms with Crippen LogP contribution in [-0.4, -0.2) is 40.8 Å². The Morgan fingerprint density at radius 3 is 1.87 bits per heavy atom. The summed E-state index contributed by atoms with van der Waals surface area (Å²) in [6, 6.07) is 0. The summed E-state index contributed by atoms with van der Waals surface area (Å²) in [4.78, 5) is 4.50. The zero-order valence-electron chi connectivity index (χ0n) is 15.0. The van der Waals surface area contributed by atoms with E-state index in [4.69, 9.17) is 0 Å². The van der Waals surface area contributed by atoms with E-state index in [2.05, 4.69) is 25.8 Å². The van der Waals surface area contributed by atoms with Crippen molar-refractivity contribution in [3.05, 3.63) is 5.38 Å². The van der Waals surface area contributed by atoms with Gasteiger partial charge in [-0.05, 0) is 0 Å². The summed E-state index contributed by atoms with van der Waals surface area (Å²) in [5, 5.41) is 2.03. The number of hydrogen-bond acceptors (Lipinski definition) is 4. The fourth-order valence-corrected chi connectivity index (χ4v) is 10.5. The summed E-state index contributed by atoms with van der Waals surface area (Å²) in [6.07, 6.45) is 12.8. The molecule has 1 heterocycles. The van der Waals surface area contributed by atoms with Gasteiger partial charge in [0.2, 0.25) is 0 Å². The summed E-state index contributed by atoms with van der Waals surface area (Å²) in [6.45, 7) is 6.79. The Morgan fingerprint density at radius 2 is 1.52 bits per heavy atom. The molecule has 0 saturated carbocycles. The van der Waals surface area contributed by atoms with E-state index in [0.29, 0.717) is 7.77 Å². The monoisotopic (exact) mass is 465 g/mol. The quantitative estimate of drug-likeness (QED) is 0.425. The number of rotatable bonds is 12. The molecule has 1 aromatic heterocycles. The molecule has 0 unspecified atom stereocenters. The van der Waals surface area contributed by atoms with Crippen LogP contribution in [0.5, 0.6) is 0 Å². The molecular weight excluding hydrogens is 433 g/mol. The van der Waals surface area contributed by atoms with Gasteiger partial charge in [0.1, 0.15) is 0 Å². The molecule has 2 radical (unpaired) electrons. The molecule has 0 amide bonds. The van der Waals surface area contributed by atoms with E-state index in [0.717, 1.165) is 3.71 Å². The van der Waals surface area contributed by atoms with Gasteiger partial charge >= 0.3 is 157 Å². The average molecular weight is 464 g/mol. The van der Waals surface area contributed by atoms with Gasteiger partial charge < -0.3 is 0 Å². The first-order chi connectivity index (χ1) is 10.9. The van der Waals surface area contributed by atoms with Crippen LogP contribution in [-0.2, 0) is 9.84 Å². The summed E-state index contributed by atoms with van der Waals surface area (Å²) in [5.41, 5.74) is 0. The van der Waals surface area contributed by atoms with Gasteiger partial charge in [-0.1, -0.05) is 0 Å². The van der Waals surface area contributed by atoms with Crippen molar-refractivity contribution in [2.45, 2.75) is 86.3 Å². The van der Waals surface area contributed by atoms with Crippen molar-refractivity contribution in [1.82, 2.24) is 4.98 Å². The van der Waals surface area contributed by atoms with Gasteiger partial charge in [0.05, 0.1) is 0 Å². The van der Waals surface area contributed by atoms with Crippen LogP contribution >= 0.6 is 11.3 Å². The first kappa shape index (κ1) is 21.4. The Balaban J connectivity index is 2.97. The molecular formula is C17H31NO2S2Sn. The van der Waals surface area contributed by atoms with Gasteiger partial charge in [-0.25, -0.2) is 0 Å². The third-order valence-corrected chi connectivity index (χ3v) is 12.5. The molecule has 1 rings (SSSR count). The zero-order valence-corrected chi connectivity index (χ0v) is 19.5. The van der Waals surface area contributed by atoms with E-state index >= 15 is 0 Å². The summed E-state index contributed by atoms with van der Waals surface area (Å²) in [5.74, 6) is 0. The van der Waals surface area contributed by atoms with Crippen LogP contribution < -0.4 is 3.71 Å². The Bertz CT molecular complexity index is 533. The molecule has 0 aliphatic carbocycles. The molecule has 0 fully saturated rings. The number of thiazole rings is 1. The van der Waals surface area contributed by atoms with Gasteiger partial charge in [0, 0.05) is 0 Å². The second kappa shape index (κ2) is 10.4. The molecule has 132 valence electrons. The SMILES string of the molecule is CCCC[C](CCCC)(CCCC)[Sn][c]1csc(S(C)(=O)=O)n1. The number of aromatic nitrogens is 1. The number of sulfone groups is 1. The normalized spacial score (nSPS) is 12.7. The molecule has 0 bridgehead atoms. The second-order valence-electron chi connectivity index (χ2n) is 6.49. The molecule has 0 aromatic carbocycles. The van der Waals surface area contributed by atoms with Crippen LogP contribution in [0.1, 0.15) is 78.6 Å². The molecule has 0 N–H and O–H groups in total. The minimum absolute atomic E-state index is 0.309. The zero-order chi connectivity index (χ0) is 17.3. The molecule has 0 aliphatic rings. The van der Waals surface area contributed by atoms with Crippen LogP contribution in [0.4, 0.5) is 0 Å². The van der Waals surface area contributed by atoms with Crippen LogP contribution in [0.2, 0.25) is 3.43 Å². The van der Waals surface area contributed by atoms with Crippen molar-refractivity contribution >= 4 is 46.0 Å². The predicted octanol–water partition coefficient (Wildman–Crippen LogP) is 4.61. The van der Waals surface area contributed by atoms with Crippen molar-refractivity contribution in [2.75, 3.05) is 6.26 Å². The Labute approximate surface area is 156 Å². The fourth-order valence-electron chi connectivity index (χ4n) is 2.86. The fraction of sp³-hybridized carbons (Fsp3) is 0.824. The van der Waals surface area contributed by atoms with E-state index in [1.165, 1.54) is 75.4 Å². The number of unbranched alkanes of at least 4 members (excludes halogenated alkanes) is 3. The molecule has 0 saturated heterocycles. The summed E-state index contributed by atoms with van der Waals surface area (Å²) in [7, 11) is -3.15. The first-order valence-corrected chi connectivity index (χ1v) is 14.4. The Kier molecular flexibility index (Phi) is 9.67. The van der Waals surface area contributed by atoms with Gasteiger partial charge in [0.15, 0.2) is 0 Å². The van der Waals surface area contributed by atoms with E-state index in [1.54, 1.807) is 0 Å². The van der Waals surface area contributed by atoms with Gasteiger partial charge in [-0.3, -0.25) is 0 Å². The van der Waals surface area contributed by atoms with E-state index in [-0.39, 0.29) is 0 Å². The number of hydrogen-bond donors (Lipinski definition) is 0. The van der Waals surface area contributed by atoms with Crippen molar-refractivity contribution in [2.24, 2.45) is 0 Å². The summed E-state index contributed by atoms with van der Waals surface area (Å²) >= 11 is 0.409. The van der Waals surface area contributed by atoms with Gasteiger partial charge in [-0.2, -0.15) is 0 Å².